The number of hydrogen-bond donors (Lipinski definition) is 1. The van der Waals surface area contributed by atoms with Crippen molar-refractivity contribution in [2.75, 3.05) is 0 Å². The molecule has 0 heterocycles. The number of benzene rings is 2. The summed E-state index contributed by atoms with van der Waals surface area (Å²) in [6.45, 7) is 3.40. The van der Waals surface area contributed by atoms with Gasteiger partial charge >= 0.3 is 5.69 Å². The van der Waals surface area contributed by atoms with E-state index < -0.39 is 11.0 Å². The molecule has 2 aromatic carbocycles. The fourth-order valence-electron chi connectivity index (χ4n) is 1.89. The topological polar surface area (TPSA) is 72.6 Å². The Morgan fingerprint density at radius 2 is 1.90 bits per heavy atom. The van der Waals surface area contributed by atoms with E-state index >= 15 is 0 Å². The third-order valence-corrected chi connectivity index (χ3v) is 2.90. The van der Waals surface area contributed by atoms with Gasteiger partial charge in [-0.25, -0.2) is 0 Å². The number of hydrogen-bond acceptors (Lipinski definition) is 4. The van der Waals surface area contributed by atoms with Crippen LogP contribution in [0.3, 0.4) is 0 Å². The maximum absolute atomic E-state index is 11.1. The first-order valence-electron chi connectivity index (χ1n) is 6.19. The van der Waals surface area contributed by atoms with E-state index in [1.165, 1.54) is 6.07 Å². The second-order valence-electron chi connectivity index (χ2n) is 4.54. The molecule has 5 heteroatoms. The minimum atomic E-state index is -0.712. The molecule has 0 unspecified atom stereocenters. The number of rotatable bonds is 4. The molecule has 104 valence electrons. The van der Waals surface area contributed by atoms with Crippen molar-refractivity contribution in [3.63, 3.8) is 0 Å². The number of ether oxygens (including phenoxy) is 1. The Hall–Kier alpha value is -2.40. The molecule has 0 saturated heterocycles. The molecule has 1 N–H and O–H groups in total. The summed E-state index contributed by atoms with van der Waals surface area (Å²) in [6.07, 6.45) is -0.712. The van der Waals surface area contributed by atoms with E-state index in [0.717, 1.165) is 5.56 Å². The fourth-order valence-corrected chi connectivity index (χ4v) is 1.89. The molecule has 0 radical (unpaired) electrons. The van der Waals surface area contributed by atoms with Gasteiger partial charge in [0.1, 0.15) is 5.75 Å². The van der Waals surface area contributed by atoms with Crippen LogP contribution in [0.2, 0.25) is 0 Å². The molecule has 20 heavy (non-hydrogen) atoms. The van der Waals surface area contributed by atoms with Crippen molar-refractivity contribution in [3.8, 4) is 11.5 Å². The second-order valence-corrected chi connectivity index (χ2v) is 4.54. The minimum Gasteiger partial charge on any atom is -0.450 e. The highest BCUT2D eigenvalue weighted by Gasteiger charge is 2.17. The van der Waals surface area contributed by atoms with Gasteiger partial charge in [0, 0.05) is 11.6 Å². The van der Waals surface area contributed by atoms with Crippen LogP contribution in [0.25, 0.3) is 0 Å². The molecular weight excluding hydrogens is 258 g/mol. The van der Waals surface area contributed by atoms with Crippen LogP contribution < -0.4 is 4.74 Å². The Morgan fingerprint density at radius 3 is 2.55 bits per heavy atom. The maximum atomic E-state index is 11.1. The lowest BCUT2D eigenvalue weighted by molar-refractivity contribution is -0.385. The predicted octanol–water partition coefficient (Wildman–Crippen LogP) is 3.75. The van der Waals surface area contributed by atoms with Crippen molar-refractivity contribution in [1.82, 2.24) is 0 Å². The molecule has 0 amide bonds. The second kappa shape index (κ2) is 5.71. The molecular formula is C15H15NO4. The highest BCUT2D eigenvalue weighted by Crippen LogP contribution is 2.35. The minimum absolute atomic E-state index is 0.0922. The molecule has 2 rings (SSSR count). The molecule has 0 aromatic heterocycles. The first-order chi connectivity index (χ1) is 9.49. The molecule has 0 fully saturated rings. The van der Waals surface area contributed by atoms with Gasteiger partial charge in [-0.2, -0.15) is 0 Å². The average Bonchev–Trinajstić information content (AvgIpc) is 2.41. The number of aryl methyl sites for hydroxylation is 1. The Labute approximate surface area is 116 Å². The molecule has 2 aromatic rings. The van der Waals surface area contributed by atoms with Gasteiger partial charge in [-0.3, -0.25) is 10.1 Å². The van der Waals surface area contributed by atoms with Crippen LogP contribution in [0.1, 0.15) is 24.2 Å². The van der Waals surface area contributed by atoms with E-state index in [9.17, 15) is 15.2 Å². The van der Waals surface area contributed by atoms with Crippen molar-refractivity contribution in [3.05, 3.63) is 63.7 Å². The van der Waals surface area contributed by atoms with E-state index in [1.54, 1.807) is 50.2 Å². The Kier molecular flexibility index (Phi) is 4.00. The van der Waals surface area contributed by atoms with E-state index in [4.69, 9.17) is 4.74 Å². The lowest BCUT2D eigenvalue weighted by Crippen LogP contribution is -1.98. The number of aliphatic hydroxyl groups excluding tert-OH is 1. The molecule has 0 spiro atoms. The zero-order valence-corrected chi connectivity index (χ0v) is 11.2. The smallest absolute Gasteiger partial charge is 0.311 e. The van der Waals surface area contributed by atoms with Crippen molar-refractivity contribution < 1.29 is 14.8 Å². The van der Waals surface area contributed by atoms with Gasteiger partial charge in [-0.15, -0.1) is 0 Å². The van der Waals surface area contributed by atoms with Crippen molar-refractivity contribution in [2.24, 2.45) is 0 Å². The van der Waals surface area contributed by atoms with E-state index in [1.807, 2.05) is 0 Å². The number of nitro benzene ring substituents is 1. The van der Waals surface area contributed by atoms with E-state index in [0.29, 0.717) is 11.3 Å². The van der Waals surface area contributed by atoms with Gasteiger partial charge in [0.2, 0.25) is 5.75 Å². The van der Waals surface area contributed by atoms with Crippen LogP contribution in [0.15, 0.2) is 42.5 Å². The maximum Gasteiger partial charge on any atom is 0.311 e. The summed E-state index contributed by atoms with van der Waals surface area (Å²) in [6, 6.07) is 11.7. The lowest BCUT2D eigenvalue weighted by Gasteiger charge is -2.13. The van der Waals surface area contributed by atoms with Gasteiger partial charge in [0.05, 0.1) is 11.0 Å². The van der Waals surface area contributed by atoms with Gasteiger partial charge in [-0.05, 0) is 31.5 Å². The summed E-state index contributed by atoms with van der Waals surface area (Å²) in [5.41, 5.74) is 1.28. The third-order valence-electron chi connectivity index (χ3n) is 2.90. The number of nitrogens with zero attached hydrogens (tertiary/aromatic N) is 1. The van der Waals surface area contributed by atoms with Crippen LogP contribution in [0.4, 0.5) is 5.69 Å². The molecule has 0 aliphatic carbocycles. The Balaban J connectivity index is 2.43. The van der Waals surface area contributed by atoms with Crippen molar-refractivity contribution in [1.29, 1.82) is 0 Å². The average molecular weight is 273 g/mol. The zero-order valence-electron chi connectivity index (χ0n) is 11.2. The summed E-state index contributed by atoms with van der Waals surface area (Å²) >= 11 is 0. The van der Waals surface area contributed by atoms with Crippen LogP contribution in [0.5, 0.6) is 11.5 Å². The van der Waals surface area contributed by atoms with Crippen LogP contribution in [-0.2, 0) is 0 Å². The fraction of sp³-hybridized carbons (Fsp3) is 0.200. The number of nitro groups is 1. The van der Waals surface area contributed by atoms with Crippen molar-refractivity contribution in [2.45, 2.75) is 20.0 Å². The van der Waals surface area contributed by atoms with Crippen LogP contribution in [-0.4, -0.2) is 10.0 Å². The summed E-state index contributed by atoms with van der Waals surface area (Å²) in [4.78, 5) is 10.6. The standard InChI is InChI=1S/C15H15NO4/c1-10-7-8-15(13(9-10)16(18)19)20-14-6-4-3-5-12(14)11(2)17/h3-9,11,17H,1-2H3/t11-/m1/s1. The molecule has 1 atom stereocenters. The highest BCUT2D eigenvalue weighted by atomic mass is 16.6. The largest absolute Gasteiger partial charge is 0.450 e. The van der Waals surface area contributed by atoms with Crippen LogP contribution >= 0.6 is 0 Å². The normalized spacial score (nSPS) is 11.9. The van der Waals surface area contributed by atoms with Gasteiger partial charge in [0.25, 0.3) is 0 Å². The van der Waals surface area contributed by atoms with E-state index in [2.05, 4.69) is 0 Å². The first-order valence-corrected chi connectivity index (χ1v) is 6.19. The summed E-state index contributed by atoms with van der Waals surface area (Å²) in [7, 11) is 0. The summed E-state index contributed by atoms with van der Waals surface area (Å²) < 4.78 is 5.62. The lowest BCUT2D eigenvalue weighted by atomic mass is 10.1. The quantitative estimate of drug-likeness (QED) is 0.680. The summed E-state index contributed by atoms with van der Waals surface area (Å²) in [5.74, 6) is 0.572. The predicted molar refractivity (Wildman–Crippen MR) is 75.0 cm³/mol. The monoisotopic (exact) mass is 273 g/mol. The van der Waals surface area contributed by atoms with Crippen LogP contribution in [0, 0.1) is 17.0 Å². The van der Waals surface area contributed by atoms with E-state index in [-0.39, 0.29) is 11.4 Å². The van der Waals surface area contributed by atoms with Gasteiger partial charge < -0.3 is 9.84 Å². The summed E-state index contributed by atoms with van der Waals surface area (Å²) in [5, 5.41) is 20.8. The molecule has 0 aliphatic rings. The zero-order chi connectivity index (χ0) is 14.7. The third kappa shape index (κ3) is 2.95. The van der Waals surface area contributed by atoms with Gasteiger partial charge in [-0.1, -0.05) is 24.3 Å². The number of aliphatic hydroxyl groups is 1. The molecule has 5 nitrogen and oxygen atoms in total. The molecule has 0 bridgehead atoms. The SMILES string of the molecule is Cc1ccc(Oc2ccccc2[C@@H](C)O)c([N+](=O)[O-])c1. The van der Waals surface area contributed by atoms with Crippen molar-refractivity contribution >= 4 is 5.69 Å². The molecule has 0 saturated carbocycles. The Bertz CT molecular complexity index is 638. The number of para-hydroxylation sites is 1. The van der Waals surface area contributed by atoms with Gasteiger partial charge in [0.15, 0.2) is 0 Å². The molecule has 0 aliphatic heterocycles. The first kappa shape index (κ1) is 14.0. The Morgan fingerprint density at radius 1 is 1.20 bits per heavy atom. The highest BCUT2D eigenvalue weighted by molar-refractivity contribution is 5.51.